The molecule has 146 valence electrons. The number of nitrogens with one attached hydrogen (secondary N) is 1. The van der Waals surface area contributed by atoms with Crippen molar-refractivity contribution in [2.75, 3.05) is 37.6 Å². The van der Waals surface area contributed by atoms with Crippen LogP contribution in [-0.2, 0) is 0 Å². The van der Waals surface area contributed by atoms with E-state index in [-0.39, 0.29) is 17.8 Å². The maximum absolute atomic E-state index is 13.2. The van der Waals surface area contributed by atoms with Crippen LogP contribution in [0.3, 0.4) is 0 Å². The molecular weight excluding hydrogens is 361 g/mol. The number of anilines is 1. The lowest BCUT2D eigenvalue weighted by Crippen LogP contribution is -2.49. The number of carbonyl (C=O) groups is 1. The third kappa shape index (κ3) is 4.09. The van der Waals surface area contributed by atoms with Crippen LogP contribution in [0.4, 0.5) is 10.1 Å². The maximum atomic E-state index is 13.2. The summed E-state index contributed by atoms with van der Waals surface area (Å²) >= 11 is 0. The van der Waals surface area contributed by atoms with Crippen molar-refractivity contribution in [1.29, 1.82) is 0 Å². The van der Waals surface area contributed by atoms with Crippen LogP contribution < -0.4 is 10.2 Å². The molecule has 0 aliphatic carbocycles. The Bertz CT molecular complexity index is 870. The Balaban J connectivity index is 1.40. The molecule has 28 heavy (non-hydrogen) atoms. The van der Waals surface area contributed by atoms with Crippen molar-refractivity contribution in [3.8, 4) is 0 Å². The number of amides is 1. The molecule has 7 heteroatoms. The molecule has 1 atom stereocenters. The minimum Gasteiger partial charge on any atom is -0.468 e. The molecule has 3 heterocycles. The Morgan fingerprint density at radius 1 is 1.00 bits per heavy atom. The number of halogens is 1. The quantitative estimate of drug-likeness (QED) is 0.708. The van der Waals surface area contributed by atoms with E-state index in [4.69, 9.17) is 8.83 Å². The van der Waals surface area contributed by atoms with E-state index in [1.807, 2.05) is 12.1 Å². The maximum Gasteiger partial charge on any atom is 0.287 e. The van der Waals surface area contributed by atoms with Gasteiger partial charge in [-0.3, -0.25) is 9.69 Å². The standard InChI is InChI=1S/C21H22FN3O3/c22-16-5-7-17(8-6-16)24-9-11-25(12-10-24)18(19-3-1-13-27-19)15-23-21(26)20-4-2-14-28-20/h1-8,13-14,18H,9-12,15H2,(H,23,26)/t18-/m1/s1. The number of piperazine rings is 1. The van der Waals surface area contributed by atoms with Crippen LogP contribution in [-0.4, -0.2) is 43.5 Å². The highest BCUT2D eigenvalue weighted by atomic mass is 19.1. The third-order valence-electron chi connectivity index (χ3n) is 5.02. The van der Waals surface area contributed by atoms with Crippen molar-refractivity contribution >= 4 is 11.6 Å². The van der Waals surface area contributed by atoms with Gasteiger partial charge in [0.1, 0.15) is 11.6 Å². The molecule has 4 rings (SSSR count). The van der Waals surface area contributed by atoms with E-state index in [9.17, 15) is 9.18 Å². The number of hydrogen-bond donors (Lipinski definition) is 1. The summed E-state index contributed by atoms with van der Waals surface area (Å²) < 4.78 is 23.9. The number of benzene rings is 1. The molecule has 0 unspecified atom stereocenters. The van der Waals surface area contributed by atoms with Crippen LogP contribution in [0.25, 0.3) is 0 Å². The highest BCUT2D eigenvalue weighted by Crippen LogP contribution is 2.24. The molecule has 1 fully saturated rings. The smallest absolute Gasteiger partial charge is 0.287 e. The van der Waals surface area contributed by atoms with Crippen molar-refractivity contribution in [3.63, 3.8) is 0 Å². The zero-order chi connectivity index (χ0) is 19.3. The summed E-state index contributed by atoms with van der Waals surface area (Å²) in [6.45, 7) is 3.66. The first-order valence-corrected chi connectivity index (χ1v) is 9.30. The summed E-state index contributed by atoms with van der Waals surface area (Å²) in [5, 5.41) is 2.93. The van der Waals surface area contributed by atoms with E-state index in [1.165, 1.54) is 18.4 Å². The summed E-state index contributed by atoms with van der Waals surface area (Å²) in [6.07, 6.45) is 3.12. The van der Waals surface area contributed by atoms with E-state index < -0.39 is 0 Å². The minimum absolute atomic E-state index is 0.0655. The van der Waals surface area contributed by atoms with Crippen molar-refractivity contribution in [2.24, 2.45) is 0 Å². The van der Waals surface area contributed by atoms with E-state index in [2.05, 4.69) is 15.1 Å². The Morgan fingerprint density at radius 2 is 1.71 bits per heavy atom. The van der Waals surface area contributed by atoms with E-state index in [0.29, 0.717) is 12.3 Å². The van der Waals surface area contributed by atoms with E-state index >= 15 is 0 Å². The van der Waals surface area contributed by atoms with Gasteiger partial charge in [-0.05, 0) is 48.5 Å². The fourth-order valence-electron chi connectivity index (χ4n) is 3.52. The average Bonchev–Trinajstić information content (AvgIpc) is 3.44. The summed E-state index contributed by atoms with van der Waals surface area (Å²) in [4.78, 5) is 16.8. The third-order valence-corrected chi connectivity index (χ3v) is 5.02. The van der Waals surface area contributed by atoms with Gasteiger partial charge in [0.2, 0.25) is 0 Å². The monoisotopic (exact) mass is 383 g/mol. The second-order valence-electron chi connectivity index (χ2n) is 6.72. The minimum atomic E-state index is -0.244. The lowest BCUT2D eigenvalue weighted by Gasteiger charge is -2.39. The number of hydrogen-bond acceptors (Lipinski definition) is 5. The Morgan fingerprint density at radius 3 is 2.36 bits per heavy atom. The first-order chi connectivity index (χ1) is 13.7. The first-order valence-electron chi connectivity index (χ1n) is 9.30. The highest BCUT2D eigenvalue weighted by molar-refractivity contribution is 5.91. The van der Waals surface area contributed by atoms with Gasteiger partial charge in [-0.15, -0.1) is 0 Å². The lowest BCUT2D eigenvalue weighted by atomic mass is 10.1. The zero-order valence-corrected chi connectivity index (χ0v) is 15.4. The van der Waals surface area contributed by atoms with Crippen molar-refractivity contribution in [2.45, 2.75) is 6.04 Å². The molecule has 0 saturated carbocycles. The van der Waals surface area contributed by atoms with Crippen LogP contribution in [0.15, 0.2) is 69.9 Å². The van der Waals surface area contributed by atoms with Gasteiger partial charge in [0.15, 0.2) is 5.76 Å². The molecule has 1 amide bonds. The highest BCUT2D eigenvalue weighted by Gasteiger charge is 2.27. The molecule has 1 saturated heterocycles. The normalized spacial score (nSPS) is 16.1. The van der Waals surface area contributed by atoms with Gasteiger partial charge in [0, 0.05) is 38.4 Å². The number of nitrogens with zero attached hydrogens (tertiary/aromatic N) is 2. The van der Waals surface area contributed by atoms with Crippen molar-refractivity contribution in [3.05, 3.63) is 78.4 Å². The van der Waals surface area contributed by atoms with Crippen molar-refractivity contribution < 1.29 is 18.0 Å². The predicted octanol–water partition coefficient (Wildman–Crippen LogP) is 3.31. The summed E-state index contributed by atoms with van der Waals surface area (Å²) in [5.41, 5.74) is 1.02. The van der Waals surface area contributed by atoms with Crippen molar-refractivity contribution in [1.82, 2.24) is 10.2 Å². The largest absolute Gasteiger partial charge is 0.468 e. The Labute approximate surface area is 162 Å². The van der Waals surface area contributed by atoms with E-state index in [0.717, 1.165) is 37.6 Å². The van der Waals surface area contributed by atoms with Gasteiger partial charge in [0.25, 0.3) is 5.91 Å². The van der Waals surface area contributed by atoms with Gasteiger partial charge in [-0.1, -0.05) is 0 Å². The molecule has 3 aromatic rings. The van der Waals surface area contributed by atoms with Crippen LogP contribution in [0.2, 0.25) is 0 Å². The molecule has 2 aromatic heterocycles. The van der Waals surface area contributed by atoms with Crippen LogP contribution in [0.5, 0.6) is 0 Å². The molecule has 0 radical (unpaired) electrons. The van der Waals surface area contributed by atoms with Gasteiger partial charge in [0.05, 0.1) is 18.6 Å². The second-order valence-corrected chi connectivity index (χ2v) is 6.72. The summed E-state index contributed by atoms with van der Waals surface area (Å²) in [6, 6.07) is 13.6. The molecule has 0 spiro atoms. The molecule has 1 aliphatic heterocycles. The Hall–Kier alpha value is -3.06. The van der Waals surface area contributed by atoms with Gasteiger partial charge in [-0.25, -0.2) is 4.39 Å². The average molecular weight is 383 g/mol. The second kappa shape index (κ2) is 8.31. The lowest BCUT2D eigenvalue weighted by molar-refractivity contribution is 0.0895. The molecule has 6 nitrogen and oxygen atoms in total. The fraction of sp³-hybridized carbons (Fsp3) is 0.286. The van der Waals surface area contributed by atoms with Crippen LogP contribution in [0.1, 0.15) is 22.4 Å². The van der Waals surface area contributed by atoms with E-state index in [1.54, 1.807) is 30.5 Å². The summed E-state index contributed by atoms with van der Waals surface area (Å²) in [5.74, 6) is 0.633. The number of carbonyl (C=O) groups excluding carboxylic acids is 1. The van der Waals surface area contributed by atoms with Gasteiger partial charge in [-0.2, -0.15) is 0 Å². The van der Waals surface area contributed by atoms with Crippen LogP contribution >= 0.6 is 0 Å². The summed E-state index contributed by atoms with van der Waals surface area (Å²) in [7, 11) is 0. The molecular formula is C21H22FN3O3. The number of furan rings is 2. The van der Waals surface area contributed by atoms with Crippen LogP contribution in [0, 0.1) is 5.82 Å². The molecule has 1 aromatic carbocycles. The molecule has 0 bridgehead atoms. The molecule has 1 aliphatic rings. The molecule has 1 N–H and O–H groups in total. The fourth-order valence-corrected chi connectivity index (χ4v) is 3.52. The zero-order valence-electron chi connectivity index (χ0n) is 15.4. The van der Waals surface area contributed by atoms with Gasteiger partial charge >= 0.3 is 0 Å². The number of rotatable bonds is 6. The van der Waals surface area contributed by atoms with Gasteiger partial charge < -0.3 is 19.1 Å². The Kier molecular flexibility index (Phi) is 5.43. The topological polar surface area (TPSA) is 61.9 Å². The first kappa shape index (κ1) is 18.3. The predicted molar refractivity (Wildman–Crippen MR) is 103 cm³/mol. The SMILES string of the molecule is O=C(NC[C@H](c1ccco1)N1CCN(c2ccc(F)cc2)CC1)c1ccco1.